The van der Waals surface area contributed by atoms with Crippen LogP contribution in [0.1, 0.15) is 11.3 Å². The lowest BCUT2D eigenvalue weighted by Crippen LogP contribution is -2.53. The number of piperazine rings is 1. The topological polar surface area (TPSA) is 64.1 Å². The van der Waals surface area contributed by atoms with Crippen molar-refractivity contribution in [3.8, 4) is 0 Å². The fourth-order valence-electron chi connectivity index (χ4n) is 3.42. The van der Waals surface area contributed by atoms with Crippen molar-refractivity contribution in [1.29, 1.82) is 0 Å². The number of aromatic nitrogens is 1. The van der Waals surface area contributed by atoms with Gasteiger partial charge in [-0.05, 0) is 29.8 Å². The van der Waals surface area contributed by atoms with Crippen LogP contribution in [0.4, 0.5) is 5.82 Å². The van der Waals surface area contributed by atoms with Gasteiger partial charge in [-0.25, -0.2) is 4.98 Å². The first-order valence-corrected chi connectivity index (χ1v) is 10.4. The summed E-state index contributed by atoms with van der Waals surface area (Å²) in [4.78, 5) is 27.7. The Bertz CT molecular complexity index is 899. The Hall–Kier alpha value is -2.07. The van der Waals surface area contributed by atoms with Gasteiger partial charge < -0.3 is 20.0 Å². The molecule has 0 bridgehead atoms. The summed E-state index contributed by atoms with van der Waals surface area (Å²) in [6.45, 7) is 3.43. The van der Waals surface area contributed by atoms with Gasteiger partial charge in [0.15, 0.2) is 5.96 Å². The SMILES string of the molecule is CN=C(NCc1cccc(N(C)C)n1)N1CCN(C(=O)Cc2cccc(Cl)c2)CC1.I. The van der Waals surface area contributed by atoms with E-state index in [1.165, 1.54) is 0 Å². The lowest BCUT2D eigenvalue weighted by molar-refractivity contribution is -0.131. The third-order valence-corrected chi connectivity index (χ3v) is 5.30. The molecule has 0 atom stereocenters. The van der Waals surface area contributed by atoms with E-state index >= 15 is 0 Å². The number of carbonyl (C=O) groups excluding carboxylic acids is 1. The van der Waals surface area contributed by atoms with Crippen molar-refractivity contribution in [2.75, 3.05) is 52.2 Å². The molecule has 31 heavy (non-hydrogen) atoms. The molecule has 2 aromatic rings. The smallest absolute Gasteiger partial charge is 0.227 e. The van der Waals surface area contributed by atoms with Crippen molar-refractivity contribution in [3.63, 3.8) is 0 Å². The number of pyridine rings is 1. The summed E-state index contributed by atoms with van der Waals surface area (Å²) >= 11 is 6.02. The maximum atomic E-state index is 12.6. The average Bonchev–Trinajstić information content (AvgIpc) is 2.75. The first-order valence-electron chi connectivity index (χ1n) is 10.1. The van der Waals surface area contributed by atoms with E-state index in [0.29, 0.717) is 31.1 Å². The average molecular weight is 557 g/mol. The van der Waals surface area contributed by atoms with E-state index in [2.05, 4.69) is 20.2 Å². The molecule has 7 nitrogen and oxygen atoms in total. The van der Waals surface area contributed by atoms with E-state index in [9.17, 15) is 4.79 Å². The number of nitrogens with one attached hydrogen (secondary N) is 1. The predicted molar refractivity (Wildman–Crippen MR) is 137 cm³/mol. The molecule has 1 fully saturated rings. The number of halogens is 2. The van der Waals surface area contributed by atoms with Crippen molar-refractivity contribution in [2.24, 2.45) is 4.99 Å². The van der Waals surface area contributed by atoms with E-state index in [1.807, 2.05) is 66.4 Å². The molecule has 1 aliphatic rings. The van der Waals surface area contributed by atoms with E-state index in [-0.39, 0.29) is 29.9 Å². The van der Waals surface area contributed by atoms with Gasteiger partial charge in [-0.2, -0.15) is 0 Å². The number of amides is 1. The molecule has 0 aliphatic carbocycles. The number of hydrogen-bond acceptors (Lipinski definition) is 4. The highest BCUT2D eigenvalue weighted by Crippen LogP contribution is 2.13. The van der Waals surface area contributed by atoms with Crippen molar-refractivity contribution in [3.05, 3.63) is 58.7 Å². The first kappa shape index (κ1) is 25.2. The molecular formula is C22H30ClIN6O. The van der Waals surface area contributed by atoms with Gasteiger partial charge in [-0.15, -0.1) is 24.0 Å². The van der Waals surface area contributed by atoms with Crippen molar-refractivity contribution >= 4 is 53.3 Å². The molecule has 1 amide bonds. The van der Waals surface area contributed by atoms with Crippen LogP contribution in [0.5, 0.6) is 0 Å². The minimum absolute atomic E-state index is 0. The zero-order valence-corrected chi connectivity index (χ0v) is 21.3. The second kappa shape index (κ2) is 12.1. The van der Waals surface area contributed by atoms with Crippen LogP contribution in [0.25, 0.3) is 0 Å². The number of rotatable bonds is 5. The minimum Gasteiger partial charge on any atom is -0.363 e. The van der Waals surface area contributed by atoms with Crippen molar-refractivity contribution in [1.82, 2.24) is 20.1 Å². The molecule has 0 saturated carbocycles. The lowest BCUT2D eigenvalue weighted by atomic mass is 10.1. The Morgan fingerprint density at radius 1 is 1.13 bits per heavy atom. The fraction of sp³-hybridized carbons (Fsp3) is 0.409. The molecule has 0 spiro atoms. The van der Waals surface area contributed by atoms with Crippen LogP contribution in [0.3, 0.4) is 0 Å². The third-order valence-electron chi connectivity index (χ3n) is 5.07. The maximum Gasteiger partial charge on any atom is 0.227 e. The monoisotopic (exact) mass is 556 g/mol. The molecule has 0 radical (unpaired) electrons. The summed E-state index contributed by atoms with van der Waals surface area (Å²) in [6, 6.07) is 13.5. The largest absolute Gasteiger partial charge is 0.363 e. The molecule has 1 aromatic carbocycles. The van der Waals surface area contributed by atoms with E-state index in [0.717, 1.165) is 36.1 Å². The summed E-state index contributed by atoms with van der Waals surface area (Å²) in [5.41, 5.74) is 1.90. The molecule has 3 rings (SSSR count). The second-order valence-corrected chi connectivity index (χ2v) is 7.89. The summed E-state index contributed by atoms with van der Waals surface area (Å²) in [5, 5.41) is 4.05. The second-order valence-electron chi connectivity index (χ2n) is 7.46. The van der Waals surface area contributed by atoms with Crippen LogP contribution in [0.2, 0.25) is 5.02 Å². The van der Waals surface area contributed by atoms with E-state index in [4.69, 9.17) is 11.6 Å². The Labute approximate surface area is 206 Å². The summed E-state index contributed by atoms with van der Waals surface area (Å²) in [6.07, 6.45) is 0.376. The van der Waals surface area contributed by atoms with Gasteiger partial charge in [0.25, 0.3) is 0 Å². The zero-order valence-electron chi connectivity index (χ0n) is 18.2. The molecule has 1 saturated heterocycles. The Balaban J connectivity index is 0.00000341. The maximum absolute atomic E-state index is 12.6. The quantitative estimate of drug-likeness (QED) is 0.349. The number of hydrogen-bond donors (Lipinski definition) is 1. The van der Waals surface area contributed by atoms with Crippen molar-refractivity contribution in [2.45, 2.75) is 13.0 Å². The number of anilines is 1. The highest BCUT2D eigenvalue weighted by atomic mass is 127. The fourth-order valence-corrected chi connectivity index (χ4v) is 3.63. The van der Waals surface area contributed by atoms with Gasteiger partial charge in [0.2, 0.25) is 5.91 Å². The summed E-state index contributed by atoms with van der Waals surface area (Å²) in [7, 11) is 5.74. The van der Waals surface area contributed by atoms with Gasteiger partial charge in [-0.1, -0.05) is 29.8 Å². The van der Waals surface area contributed by atoms with Crippen LogP contribution >= 0.6 is 35.6 Å². The van der Waals surface area contributed by atoms with Crippen LogP contribution < -0.4 is 10.2 Å². The highest BCUT2D eigenvalue weighted by molar-refractivity contribution is 14.0. The number of benzene rings is 1. The van der Waals surface area contributed by atoms with E-state index < -0.39 is 0 Å². The summed E-state index contributed by atoms with van der Waals surface area (Å²) in [5.74, 6) is 1.88. The molecular weight excluding hydrogens is 527 g/mol. The highest BCUT2D eigenvalue weighted by Gasteiger charge is 2.23. The van der Waals surface area contributed by atoms with Crippen molar-refractivity contribution < 1.29 is 4.79 Å². The number of nitrogens with zero attached hydrogens (tertiary/aromatic N) is 5. The molecule has 1 aliphatic heterocycles. The number of guanidine groups is 1. The van der Waals surface area contributed by atoms with Gasteiger partial charge in [-0.3, -0.25) is 9.79 Å². The molecule has 168 valence electrons. The van der Waals surface area contributed by atoms with Gasteiger partial charge in [0, 0.05) is 52.3 Å². The van der Waals surface area contributed by atoms with Gasteiger partial charge in [0.1, 0.15) is 5.82 Å². The van der Waals surface area contributed by atoms with Gasteiger partial charge in [0.05, 0.1) is 18.7 Å². The summed E-state index contributed by atoms with van der Waals surface area (Å²) < 4.78 is 0. The molecule has 2 heterocycles. The number of aliphatic imine (C=N–C) groups is 1. The van der Waals surface area contributed by atoms with Gasteiger partial charge >= 0.3 is 0 Å². The predicted octanol–water partition coefficient (Wildman–Crippen LogP) is 2.88. The lowest BCUT2D eigenvalue weighted by Gasteiger charge is -2.36. The Kier molecular flexibility index (Phi) is 9.83. The van der Waals surface area contributed by atoms with E-state index in [1.54, 1.807) is 7.05 Å². The molecule has 1 aromatic heterocycles. The number of carbonyl (C=O) groups is 1. The molecule has 9 heteroatoms. The first-order chi connectivity index (χ1) is 14.5. The van der Waals surface area contributed by atoms with Crippen LogP contribution in [0, 0.1) is 0 Å². The zero-order chi connectivity index (χ0) is 21.5. The normalized spacial score (nSPS) is 14.1. The minimum atomic E-state index is 0. The molecule has 1 N–H and O–H groups in total. The Morgan fingerprint density at radius 3 is 2.45 bits per heavy atom. The van der Waals surface area contributed by atoms with Crippen LogP contribution in [-0.4, -0.2) is 74.0 Å². The van der Waals surface area contributed by atoms with Crippen LogP contribution in [0.15, 0.2) is 47.5 Å². The van der Waals surface area contributed by atoms with Crippen LogP contribution in [-0.2, 0) is 17.8 Å². The standard InChI is InChI=1S/C22H29ClN6O.HI/c1-24-22(25-16-19-8-5-9-20(26-19)27(2)3)29-12-10-28(11-13-29)21(30)15-17-6-4-7-18(23)14-17;/h4-9,14H,10-13,15-16H2,1-3H3,(H,24,25);1H. The molecule has 0 unspecified atom stereocenters. The Morgan fingerprint density at radius 2 is 1.81 bits per heavy atom. The third kappa shape index (κ3) is 7.24.